The standard InChI is InChI=1S/C16H24N2O2/c1-5-18(11-16(20)17-4)10-15(19)14-8-6-13(7-9-14)12(2)3/h6-9,12H,5,10-11H2,1-4H3,(H,17,20). The molecule has 0 saturated heterocycles. The van der Waals surface area contributed by atoms with Crippen LogP contribution in [0.15, 0.2) is 24.3 Å². The summed E-state index contributed by atoms with van der Waals surface area (Å²) in [6.45, 7) is 7.38. The Bertz CT molecular complexity index is 452. The highest BCUT2D eigenvalue weighted by Crippen LogP contribution is 2.15. The summed E-state index contributed by atoms with van der Waals surface area (Å²) in [5.41, 5.74) is 1.92. The Labute approximate surface area is 121 Å². The average molecular weight is 276 g/mol. The number of Topliss-reactive ketones (excluding diaryl/α,β-unsaturated/α-hetero) is 1. The molecule has 0 heterocycles. The minimum atomic E-state index is -0.0743. The molecule has 1 amide bonds. The third-order valence-electron chi connectivity index (χ3n) is 3.36. The van der Waals surface area contributed by atoms with E-state index in [-0.39, 0.29) is 24.8 Å². The van der Waals surface area contributed by atoms with E-state index >= 15 is 0 Å². The maximum Gasteiger partial charge on any atom is 0.233 e. The maximum absolute atomic E-state index is 12.2. The molecular formula is C16H24N2O2. The number of carbonyl (C=O) groups excluding carboxylic acids is 2. The van der Waals surface area contributed by atoms with Crippen LogP contribution in [0.25, 0.3) is 0 Å². The highest BCUT2D eigenvalue weighted by molar-refractivity contribution is 5.97. The topological polar surface area (TPSA) is 49.4 Å². The molecule has 0 spiro atoms. The lowest BCUT2D eigenvalue weighted by Gasteiger charge is -2.18. The van der Waals surface area contributed by atoms with Gasteiger partial charge in [-0.25, -0.2) is 0 Å². The van der Waals surface area contributed by atoms with Crippen molar-refractivity contribution in [2.24, 2.45) is 0 Å². The quantitative estimate of drug-likeness (QED) is 0.776. The number of likely N-dealkylation sites (N-methyl/N-ethyl adjacent to an activating group) is 2. The molecule has 1 N–H and O–H groups in total. The number of ketones is 1. The molecule has 4 nitrogen and oxygen atoms in total. The Kier molecular flexibility index (Phi) is 6.39. The fraction of sp³-hybridized carbons (Fsp3) is 0.500. The van der Waals surface area contributed by atoms with Crippen LogP contribution in [-0.2, 0) is 4.79 Å². The monoisotopic (exact) mass is 276 g/mol. The van der Waals surface area contributed by atoms with E-state index < -0.39 is 0 Å². The zero-order chi connectivity index (χ0) is 15.1. The van der Waals surface area contributed by atoms with E-state index in [0.717, 1.165) is 0 Å². The molecule has 0 aromatic heterocycles. The van der Waals surface area contributed by atoms with Crippen molar-refractivity contribution in [1.29, 1.82) is 0 Å². The number of hydrogen-bond donors (Lipinski definition) is 1. The summed E-state index contributed by atoms with van der Waals surface area (Å²) in [7, 11) is 1.60. The van der Waals surface area contributed by atoms with Crippen LogP contribution in [0.3, 0.4) is 0 Å². The lowest BCUT2D eigenvalue weighted by molar-refractivity contribution is -0.121. The first-order valence-corrected chi connectivity index (χ1v) is 7.04. The Morgan fingerprint density at radius 3 is 2.20 bits per heavy atom. The fourth-order valence-corrected chi connectivity index (χ4v) is 1.91. The van der Waals surface area contributed by atoms with Crippen LogP contribution in [0.1, 0.15) is 42.6 Å². The van der Waals surface area contributed by atoms with E-state index in [2.05, 4.69) is 19.2 Å². The normalized spacial score (nSPS) is 10.9. The second-order valence-corrected chi connectivity index (χ2v) is 5.18. The third-order valence-corrected chi connectivity index (χ3v) is 3.36. The van der Waals surface area contributed by atoms with Crippen molar-refractivity contribution in [1.82, 2.24) is 10.2 Å². The number of nitrogens with one attached hydrogen (secondary N) is 1. The minimum Gasteiger partial charge on any atom is -0.358 e. The first-order chi connectivity index (χ1) is 9.47. The van der Waals surface area contributed by atoms with E-state index in [0.29, 0.717) is 18.0 Å². The second kappa shape index (κ2) is 7.80. The van der Waals surface area contributed by atoms with Gasteiger partial charge in [-0.2, -0.15) is 0 Å². The molecule has 1 aromatic rings. The number of nitrogens with zero attached hydrogens (tertiary/aromatic N) is 1. The highest BCUT2D eigenvalue weighted by atomic mass is 16.2. The zero-order valence-electron chi connectivity index (χ0n) is 12.8. The number of benzene rings is 1. The summed E-state index contributed by atoms with van der Waals surface area (Å²) in [6, 6.07) is 7.72. The van der Waals surface area contributed by atoms with Crippen molar-refractivity contribution >= 4 is 11.7 Å². The molecule has 0 bridgehead atoms. The van der Waals surface area contributed by atoms with Gasteiger partial charge in [0, 0.05) is 12.6 Å². The molecule has 110 valence electrons. The van der Waals surface area contributed by atoms with Gasteiger partial charge in [-0.3, -0.25) is 14.5 Å². The Morgan fingerprint density at radius 1 is 1.15 bits per heavy atom. The largest absolute Gasteiger partial charge is 0.358 e. The zero-order valence-corrected chi connectivity index (χ0v) is 12.8. The molecule has 0 aliphatic heterocycles. The molecule has 0 radical (unpaired) electrons. The first kappa shape index (κ1) is 16.4. The summed E-state index contributed by atoms with van der Waals surface area (Å²) in [5, 5.41) is 2.57. The molecule has 0 saturated carbocycles. The molecule has 20 heavy (non-hydrogen) atoms. The predicted octanol–water partition coefficient (Wildman–Crippen LogP) is 2.06. The van der Waals surface area contributed by atoms with Crippen LogP contribution in [0, 0.1) is 0 Å². The molecular weight excluding hydrogens is 252 g/mol. The van der Waals surface area contributed by atoms with Crippen molar-refractivity contribution in [2.45, 2.75) is 26.7 Å². The summed E-state index contributed by atoms with van der Waals surface area (Å²) < 4.78 is 0. The van der Waals surface area contributed by atoms with Gasteiger partial charge in [-0.15, -0.1) is 0 Å². The smallest absolute Gasteiger partial charge is 0.233 e. The van der Waals surface area contributed by atoms with Gasteiger partial charge < -0.3 is 5.32 Å². The Morgan fingerprint density at radius 2 is 1.75 bits per heavy atom. The van der Waals surface area contributed by atoms with E-state index in [1.165, 1.54) is 5.56 Å². The van der Waals surface area contributed by atoms with Crippen molar-refractivity contribution in [2.75, 3.05) is 26.7 Å². The van der Waals surface area contributed by atoms with Crippen molar-refractivity contribution in [3.63, 3.8) is 0 Å². The second-order valence-electron chi connectivity index (χ2n) is 5.18. The van der Waals surface area contributed by atoms with Crippen molar-refractivity contribution < 1.29 is 9.59 Å². The molecule has 0 fully saturated rings. The highest BCUT2D eigenvalue weighted by Gasteiger charge is 2.14. The van der Waals surface area contributed by atoms with Crippen LogP contribution < -0.4 is 5.32 Å². The van der Waals surface area contributed by atoms with Gasteiger partial charge in [0.1, 0.15) is 0 Å². The lowest BCUT2D eigenvalue weighted by Crippen LogP contribution is -2.38. The number of amides is 1. The minimum absolute atomic E-state index is 0.0473. The van der Waals surface area contributed by atoms with E-state index in [9.17, 15) is 9.59 Å². The van der Waals surface area contributed by atoms with Gasteiger partial charge in [0.15, 0.2) is 5.78 Å². The van der Waals surface area contributed by atoms with Crippen LogP contribution in [-0.4, -0.2) is 43.3 Å². The Hall–Kier alpha value is -1.68. The molecule has 0 atom stereocenters. The molecule has 1 rings (SSSR count). The predicted molar refractivity (Wildman–Crippen MR) is 81.0 cm³/mol. The van der Waals surface area contributed by atoms with Crippen LogP contribution in [0.5, 0.6) is 0 Å². The molecule has 0 aliphatic rings. The molecule has 1 aromatic carbocycles. The molecule has 4 heteroatoms. The van der Waals surface area contributed by atoms with Gasteiger partial charge in [0.2, 0.25) is 5.91 Å². The van der Waals surface area contributed by atoms with Crippen LogP contribution in [0.4, 0.5) is 0 Å². The van der Waals surface area contributed by atoms with Gasteiger partial charge >= 0.3 is 0 Å². The summed E-state index contributed by atoms with van der Waals surface area (Å²) in [6.07, 6.45) is 0. The van der Waals surface area contributed by atoms with Crippen LogP contribution in [0.2, 0.25) is 0 Å². The van der Waals surface area contributed by atoms with E-state index in [1.54, 1.807) is 7.05 Å². The van der Waals surface area contributed by atoms with Gasteiger partial charge in [0.05, 0.1) is 13.1 Å². The lowest BCUT2D eigenvalue weighted by atomic mass is 10.0. The molecule has 0 unspecified atom stereocenters. The van der Waals surface area contributed by atoms with Gasteiger partial charge in [-0.05, 0) is 18.0 Å². The van der Waals surface area contributed by atoms with Crippen molar-refractivity contribution in [3.8, 4) is 0 Å². The van der Waals surface area contributed by atoms with Gasteiger partial charge in [0.25, 0.3) is 0 Å². The number of carbonyl (C=O) groups is 2. The summed E-state index contributed by atoms with van der Waals surface area (Å²) >= 11 is 0. The van der Waals surface area contributed by atoms with Gasteiger partial charge in [-0.1, -0.05) is 45.0 Å². The summed E-state index contributed by atoms with van der Waals surface area (Å²) in [5.74, 6) is 0.431. The van der Waals surface area contributed by atoms with Crippen LogP contribution >= 0.6 is 0 Å². The number of rotatable bonds is 7. The van der Waals surface area contributed by atoms with E-state index in [4.69, 9.17) is 0 Å². The molecule has 0 aliphatic carbocycles. The first-order valence-electron chi connectivity index (χ1n) is 7.04. The number of hydrogen-bond acceptors (Lipinski definition) is 3. The SMILES string of the molecule is CCN(CC(=O)NC)CC(=O)c1ccc(C(C)C)cc1. The van der Waals surface area contributed by atoms with Crippen molar-refractivity contribution in [3.05, 3.63) is 35.4 Å². The third kappa shape index (κ3) is 4.78. The average Bonchev–Trinajstić information content (AvgIpc) is 2.46. The Balaban J connectivity index is 2.67. The summed E-state index contributed by atoms with van der Waals surface area (Å²) in [4.78, 5) is 25.4. The fourth-order valence-electron chi connectivity index (χ4n) is 1.91. The van der Waals surface area contributed by atoms with E-state index in [1.807, 2.05) is 36.1 Å². The maximum atomic E-state index is 12.2.